The van der Waals surface area contributed by atoms with Gasteiger partial charge in [-0.3, -0.25) is 19.3 Å². The highest BCUT2D eigenvalue weighted by molar-refractivity contribution is 7.22. The smallest absolute Gasteiger partial charge is 0.278 e. The number of aryl methyl sites for hydroxylation is 1. The summed E-state index contributed by atoms with van der Waals surface area (Å²) in [7, 11) is 0. The number of nitrogens with zero attached hydrogens (tertiary/aromatic N) is 5. The zero-order valence-electron chi connectivity index (χ0n) is 17.5. The summed E-state index contributed by atoms with van der Waals surface area (Å²) in [5.74, 6) is -0.546. The molecule has 1 aromatic carbocycles. The molecule has 3 heterocycles. The highest BCUT2D eigenvalue weighted by Crippen LogP contribution is 2.31. The minimum absolute atomic E-state index is 0.0477. The summed E-state index contributed by atoms with van der Waals surface area (Å²) in [5.41, 5.74) is 1.61. The van der Waals surface area contributed by atoms with Crippen LogP contribution in [0.25, 0.3) is 10.2 Å². The van der Waals surface area contributed by atoms with E-state index in [0.29, 0.717) is 42.6 Å². The number of morpholine rings is 1. The lowest BCUT2D eigenvalue weighted by Gasteiger charge is -2.29. The summed E-state index contributed by atoms with van der Waals surface area (Å²) < 4.78 is 22.1. The molecule has 0 saturated carbocycles. The van der Waals surface area contributed by atoms with Gasteiger partial charge in [-0.1, -0.05) is 17.4 Å². The summed E-state index contributed by atoms with van der Waals surface area (Å²) in [6, 6.07) is 6.73. The number of ether oxygens (including phenoxy) is 1. The van der Waals surface area contributed by atoms with E-state index < -0.39 is 0 Å². The molecule has 1 aliphatic rings. The lowest BCUT2D eigenvalue weighted by molar-refractivity contribution is 0.0391. The molecule has 30 heavy (non-hydrogen) atoms. The lowest BCUT2D eigenvalue weighted by atomic mass is 10.3. The first-order chi connectivity index (χ1) is 14.4. The molecule has 0 radical (unpaired) electrons. The van der Waals surface area contributed by atoms with Gasteiger partial charge in [-0.05, 0) is 39.0 Å². The first kappa shape index (κ1) is 20.9. The molecule has 0 bridgehead atoms. The molecular formula is C21H26FN5O2S. The maximum atomic E-state index is 14.2. The third-order valence-corrected chi connectivity index (χ3v) is 6.19. The van der Waals surface area contributed by atoms with Crippen molar-refractivity contribution in [2.24, 2.45) is 0 Å². The van der Waals surface area contributed by atoms with Crippen molar-refractivity contribution in [1.82, 2.24) is 19.7 Å². The molecule has 0 unspecified atom stereocenters. The topological polar surface area (TPSA) is 63.5 Å². The van der Waals surface area contributed by atoms with E-state index in [0.717, 1.165) is 23.5 Å². The molecule has 0 atom stereocenters. The Balaban J connectivity index is 1.69. The predicted octanol–water partition coefficient (Wildman–Crippen LogP) is 3.50. The number of hydrogen-bond donors (Lipinski definition) is 0. The monoisotopic (exact) mass is 431 g/mol. The fourth-order valence-corrected chi connectivity index (χ4v) is 4.58. The van der Waals surface area contributed by atoms with Gasteiger partial charge in [-0.2, -0.15) is 5.10 Å². The first-order valence-corrected chi connectivity index (χ1v) is 11.0. The number of halogens is 1. The number of rotatable bonds is 6. The number of thiazole rings is 1. The van der Waals surface area contributed by atoms with Crippen LogP contribution < -0.4 is 4.90 Å². The third-order valence-electron chi connectivity index (χ3n) is 5.14. The van der Waals surface area contributed by atoms with E-state index in [4.69, 9.17) is 4.74 Å². The van der Waals surface area contributed by atoms with E-state index in [9.17, 15) is 9.18 Å². The van der Waals surface area contributed by atoms with Gasteiger partial charge in [0.2, 0.25) is 0 Å². The number of fused-ring (bicyclic) bond motifs is 1. The summed E-state index contributed by atoms with van der Waals surface area (Å²) in [5, 5.41) is 4.98. The molecule has 7 nitrogen and oxygen atoms in total. The molecule has 1 fully saturated rings. The van der Waals surface area contributed by atoms with Crippen LogP contribution in [0, 0.1) is 12.7 Å². The highest BCUT2D eigenvalue weighted by atomic mass is 32.1. The lowest BCUT2D eigenvalue weighted by Crippen LogP contribution is -2.43. The maximum absolute atomic E-state index is 14.2. The van der Waals surface area contributed by atoms with Crippen molar-refractivity contribution >= 4 is 32.6 Å². The Morgan fingerprint density at radius 3 is 2.80 bits per heavy atom. The molecule has 4 rings (SSSR count). The molecular weight excluding hydrogens is 405 g/mol. The molecule has 0 aliphatic carbocycles. The van der Waals surface area contributed by atoms with Gasteiger partial charge >= 0.3 is 0 Å². The summed E-state index contributed by atoms with van der Waals surface area (Å²) in [4.78, 5) is 22.0. The number of amides is 1. The van der Waals surface area contributed by atoms with Crippen LogP contribution in [0.3, 0.4) is 0 Å². The summed E-state index contributed by atoms with van der Waals surface area (Å²) >= 11 is 1.33. The Kier molecular flexibility index (Phi) is 6.12. The Bertz CT molecular complexity index is 1040. The largest absolute Gasteiger partial charge is 0.379 e. The second kappa shape index (κ2) is 8.79. The maximum Gasteiger partial charge on any atom is 0.278 e. The van der Waals surface area contributed by atoms with Crippen molar-refractivity contribution in [3.63, 3.8) is 0 Å². The Morgan fingerprint density at radius 1 is 1.33 bits per heavy atom. The molecule has 0 N–H and O–H groups in total. The molecule has 1 amide bonds. The van der Waals surface area contributed by atoms with Gasteiger partial charge in [0.15, 0.2) is 5.13 Å². The van der Waals surface area contributed by atoms with Crippen LogP contribution >= 0.6 is 11.3 Å². The molecule has 3 aromatic rings. The van der Waals surface area contributed by atoms with Gasteiger partial charge in [0.25, 0.3) is 5.91 Å². The van der Waals surface area contributed by atoms with Crippen LogP contribution in [0.2, 0.25) is 0 Å². The SMILES string of the molecule is Cc1cc(C(=O)N(CCN2CCOCC2)c2nc3c(F)cccc3s2)n(C(C)C)n1. The van der Waals surface area contributed by atoms with E-state index in [-0.39, 0.29) is 17.8 Å². The third kappa shape index (κ3) is 4.23. The van der Waals surface area contributed by atoms with Crippen molar-refractivity contribution < 1.29 is 13.9 Å². The minimum Gasteiger partial charge on any atom is -0.379 e. The van der Waals surface area contributed by atoms with Crippen LogP contribution in [0.5, 0.6) is 0 Å². The van der Waals surface area contributed by atoms with Gasteiger partial charge in [0.05, 0.1) is 23.6 Å². The van der Waals surface area contributed by atoms with Crippen LogP contribution in [-0.4, -0.2) is 65.0 Å². The van der Waals surface area contributed by atoms with Crippen LogP contribution in [0.4, 0.5) is 9.52 Å². The quantitative estimate of drug-likeness (QED) is 0.598. The van der Waals surface area contributed by atoms with E-state index >= 15 is 0 Å². The standard InChI is InChI=1S/C21H26FN5O2S/c1-14(2)27-17(13-15(3)24-27)20(28)26(8-7-25-9-11-29-12-10-25)21-23-19-16(22)5-4-6-18(19)30-21/h4-6,13-14H,7-12H2,1-3H3. The molecule has 2 aromatic heterocycles. The minimum atomic E-state index is -0.376. The molecule has 0 spiro atoms. The van der Waals surface area contributed by atoms with Crippen molar-refractivity contribution in [2.75, 3.05) is 44.3 Å². The van der Waals surface area contributed by atoms with Crippen molar-refractivity contribution in [2.45, 2.75) is 26.8 Å². The number of anilines is 1. The molecule has 1 aliphatic heterocycles. The second-order valence-corrected chi connectivity index (χ2v) is 8.71. The number of aromatic nitrogens is 3. The average Bonchev–Trinajstić information content (AvgIpc) is 3.33. The van der Waals surface area contributed by atoms with Crippen LogP contribution in [0.1, 0.15) is 36.1 Å². The fraction of sp³-hybridized carbons (Fsp3) is 0.476. The Hall–Kier alpha value is -2.36. The van der Waals surface area contributed by atoms with E-state index in [1.807, 2.05) is 26.8 Å². The molecule has 160 valence electrons. The Labute approximate surface area is 179 Å². The van der Waals surface area contributed by atoms with Gasteiger partial charge in [-0.15, -0.1) is 0 Å². The van der Waals surface area contributed by atoms with Crippen LogP contribution in [-0.2, 0) is 4.74 Å². The molecule has 9 heteroatoms. The van der Waals surface area contributed by atoms with Crippen LogP contribution in [0.15, 0.2) is 24.3 Å². The van der Waals surface area contributed by atoms with Gasteiger partial charge in [-0.25, -0.2) is 9.37 Å². The first-order valence-electron chi connectivity index (χ1n) is 10.2. The van der Waals surface area contributed by atoms with E-state index in [1.165, 1.54) is 17.4 Å². The van der Waals surface area contributed by atoms with Gasteiger partial charge in [0, 0.05) is 32.2 Å². The van der Waals surface area contributed by atoms with Crippen molar-refractivity contribution in [1.29, 1.82) is 0 Å². The summed E-state index contributed by atoms with van der Waals surface area (Å²) in [6.45, 7) is 10.1. The zero-order chi connectivity index (χ0) is 21.3. The Morgan fingerprint density at radius 2 is 2.10 bits per heavy atom. The highest BCUT2D eigenvalue weighted by Gasteiger charge is 2.27. The van der Waals surface area contributed by atoms with E-state index in [2.05, 4.69) is 15.0 Å². The van der Waals surface area contributed by atoms with Crippen molar-refractivity contribution in [3.05, 3.63) is 41.5 Å². The summed E-state index contributed by atoms with van der Waals surface area (Å²) in [6.07, 6.45) is 0. The number of hydrogen-bond acceptors (Lipinski definition) is 6. The van der Waals surface area contributed by atoms with Crippen molar-refractivity contribution in [3.8, 4) is 0 Å². The van der Waals surface area contributed by atoms with Gasteiger partial charge in [0.1, 0.15) is 17.0 Å². The number of carbonyl (C=O) groups excluding carboxylic acids is 1. The molecule has 1 saturated heterocycles. The average molecular weight is 432 g/mol. The van der Waals surface area contributed by atoms with E-state index in [1.54, 1.807) is 21.7 Å². The number of carbonyl (C=O) groups is 1. The zero-order valence-corrected chi connectivity index (χ0v) is 18.3. The number of para-hydroxylation sites is 1. The number of benzene rings is 1. The normalized spacial score (nSPS) is 15.2. The predicted molar refractivity (Wildman–Crippen MR) is 116 cm³/mol. The second-order valence-electron chi connectivity index (χ2n) is 7.70. The fourth-order valence-electron chi connectivity index (χ4n) is 3.58. The van der Waals surface area contributed by atoms with Gasteiger partial charge < -0.3 is 4.74 Å².